The summed E-state index contributed by atoms with van der Waals surface area (Å²) in [4.78, 5) is 18.6. The highest BCUT2D eigenvalue weighted by atomic mass is 32.2. The number of rotatable bonds is 5. The number of carbonyl (C=O) groups excluding carboxylic acids is 1. The molecule has 28 heavy (non-hydrogen) atoms. The minimum absolute atomic E-state index is 0.0547. The molecule has 0 saturated heterocycles. The number of aldehydes is 1. The van der Waals surface area contributed by atoms with E-state index in [1.165, 1.54) is 25.4 Å². The van der Waals surface area contributed by atoms with E-state index in [0.717, 1.165) is 5.56 Å². The summed E-state index contributed by atoms with van der Waals surface area (Å²) in [7, 11) is -2.53. The van der Waals surface area contributed by atoms with Crippen LogP contribution in [0.3, 0.4) is 0 Å². The average Bonchev–Trinajstić information content (AvgIpc) is 3.08. The number of hydrogen-bond acceptors (Lipinski definition) is 6. The molecule has 0 aliphatic heterocycles. The fourth-order valence-corrected chi connectivity index (χ4v) is 4.02. The lowest BCUT2D eigenvalue weighted by Crippen LogP contribution is -2.09. The molecule has 0 aliphatic carbocycles. The summed E-state index contributed by atoms with van der Waals surface area (Å²) >= 11 is 0. The number of carbonyl (C=O) groups is 1. The number of nitrogens with zero attached hydrogens (tertiary/aromatic N) is 1. The lowest BCUT2D eigenvalue weighted by atomic mass is 10.1. The van der Waals surface area contributed by atoms with Gasteiger partial charge in [-0.05, 0) is 25.1 Å². The third-order valence-corrected chi connectivity index (χ3v) is 5.71. The summed E-state index contributed by atoms with van der Waals surface area (Å²) < 4.78 is 36.1. The van der Waals surface area contributed by atoms with Crippen LogP contribution < -0.4 is 8.92 Å². The number of hydrogen-bond donors (Lipinski definition) is 1. The summed E-state index contributed by atoms with van der Waals surface area (Å²) in [6.07, 6.45) is 2.08. The van der Waals surface area contributed by atoms with Crippen LogP contribution in [-0.2, 0) is 10.1 Å². The topological polar surface area (TPSA) is 98.3 Å². The molecule has 0 fully saturated rings. The van der Waals surface area contributed by atoms with Gasteiger partial charge in [0.2, 0.25) is 0 Å². The first kappa shape index (κ1) is 18.0. The van der Waals surface area contributed by atoms with Crippen molar-refractivity contribution in [2.45, 2.75) is 11.8 Å². The zero-order valence-corrected chi connectivity index (χ0v) is 15.9. The van der Waals surface area contributed by atoms with E-state index in [2.05, 4.69) is 9.97 Å². The molecule has 1 N–H and O–H groups in total. The maximum atomic E-state index is 12.7. The van der Waals surface area contributed by atoms with Gasteiger partial charge in [0.15, 0.2) is 12.0 Å². The minimum Gasteiger partial charge on any atom is -0.494 e. The minimum atomic E-state index is -4.03. The molecule has 0 radical (unpaired) electrons. The molecule has 0 unspecified atom stereocenters. The Hall–Kier alpha value is -3.39. The first-order valence-corrected chi connectivity index (χ1v) is 9.79. The summed E-state index contributed by atoms with van der Waals surface area (Å²) in [5.74, 6) is 0.582. The number of aromatic nitrogens is 2. The maximum Gasteiger partial charge on any atom is 0.339 e. The number of methoxy groups -OCH3 is 1. The second-order valence-electron chi connectivity index (χ2n) is 6.23. The molecule has 7 nitrogen and oxygen atoms in total. The van der Waals surface area contributed by atoms with E-state index in [1.54, 1.807) is 30.3 Å². The summed E-state index contributed by atoms with van der Waals surface area (Å²) in [5, 5.41) is 1.29. The molecule has 2 heterocycles. The Morgan fingerprint density at radius 2 is 1.79 bits per heavy atom. The average molecular weight is 396 g/mol. The molecule has 0 spiro atoms. The molecular weight excluding hydrogens is 380 g/mol. The van der Waals surface area contributed by atoms with Gasteiger partial charge in [0.25, 0.3) is 0 Å². The lowest BCUT2D eigenvalue weighted by molar-refractivity contribution is 0.112. The summed E-state index contributed by atoms with van der Waals surface area (Å²) in [6, 6.07) is 11.4. The number of benzene rings is 2. The van der Waals surface area contributed by atoms with E-state index in [1.807, 2.05) is 6.92 Å². The van der Waals surface area contributed by atoms with Gasteiger partial charge in [-0.1, -0.05) is 29.8 Å². The van der Waals surface area contributed by atoms with Crippen molar-refractivity contribution in [3.63, 3.8) is 0 Å². The molecule has 4 rings (SSSR count). The van der Waals surface area contributed by atoms with Gasteiger partial charge in [-0.2, -0.15) is 8.42 Å². The van der Waals surface area contributed by atoms with Crippen LogP contribution in [0.25, 0.3) is 21.8 Å². The van der Waals surface area contributed by atoms with Gasteiger partial charge >= 0.3 is 10.1 Å². The van der Waals surface area contributed by atoms with Crippen molar-refractivity contribution < 1.29 is 22.1 Å². The SMILES string of the molecule is COc1cnc(C=O)c2[nH]c3c(OS(=O)(=O)c4ccc(C)cc4)cccc3c12. The van der Waals surface area contributed by atoms with Crippen molar-refractivity contribution in [3.05, 3.63) is 59.9 Å². The molecule has 2 aromatic carbocycles. The fraction of sp³-hybridized carbons (Fsp3) is 0.100. The van der Waals surface area contributed by atoms with Crippen molar-refractivity contribution in [2.75, 3.05) is 7.11 Å². The van der Waals surface area contributed by atoms with Crippen molar-refractivity contribution in [1.29, 1.82) is 0 Å². The maximum absolute atomic E-state index is 12.7. The number of fused-ring (bicyclic) bond motifs is 3. The normalized spacial score (nSPS) is 11.6. The van der Waals surface area contributed by atoms with Crippen LogP contribution in [0.4, 0.5) is 0 Å². The first-order valence-electron chi connectivity index (χ1n) is 8.38. The predicted octanol–water partition coefficient (Wildman–Crippen LogP) is 3.61. The van der Waals surface area contributed by atoms with Crippen LogP contribution in [0.15, 0.2) is 53.6 Å². The third kappa shape index (κ3) is 2.87. The Balaban J connectivity index is 1.91. The third-order valence-electron chi connectivity index (χ3n) is 4.46. The Bertz CT molecular complexity index is 1310. The van der Waals surface area contributed by atoms with Gasteiger partial charge in [-0.25, -0.2) is 4.98 Å². The molecule has 4 aromatic rings. The van der Waals surface area contributed by atoms with E-state index < -0.39 is 10.1 Å². The van der Waals surface area contributed by atoms with Crippen molar-refractivity contribution >= 4 is 38.2 Å². The van der Waals surface area contributed by atoms with E-state index in [0.29, 0.717) is 33.8 Å². The van der Waals surface area contributed by atoms with E-state index in [9.17, 15) is 13.2 Å². The van der Waals surface area contributed by atoms with E-state index in [-0.39, 0.29) is 16.3 Å². The molecule has 0 atom stereocenters. The van der Waals surface area contributed by atoms with Crippen LogP contribution in [0.5, 0.6) is 11.5 Å². The standard InChI is InChI=1S/C20H16N2O5S/c1-12-6-8-13(9-7-12)28(24,25)27-16-5-3-4-14-18-17(26-2)10-21-15(11-23)20(18)22-19(14)16/h3-11,22H,1-2H3. The Morgan fingerprint density at radius 3 is 2.46 bits per heavy atom. The molecule has 0 aliphatic rings. The fourth-order valence-electron chi connectivity index (χ4n) is 3.08. The van der Waals surface area contributed by atoms with Gasteiger partial charge in [0, 0.05) is 5.39 Å². The number of para-hydroxylation sites is 1. The van der Waals surface area contributed by atoms with E-state index in [4.69, 9.17) is 8.92 Å². The number of nitrogens with one attached hydrogen (secondary N) is 1. The Labute approximate surface area is 161 Å². The highest BCUT2D eigenvalue weighted by Crippen LogP contribution is 2.38. The number of pyridine rings is 1. The quantitative estimate of drug-likeness (QED) is 0.409. The molecule has 142 valence electrons. The number of aryl methyl sites for hydroxylation is 1. The second kappa shape index (κ2) is 6.65. The Morgan fingerprint density at radius 1 is 1.04 bits per heavy atom. The van der Waals surface area contributed by atoms with Crippen LogP contribution in [0, 0.1) is 6.92 Å². The van der Waals surface area contributed by atoms with Crippen LogP contribution in [0.1, 0.15) is 16.1 Å². The van der Waals surface area contributed by atoms with Gasteiger partial charge in [0.1, 0.15) is 16.3 Å². The number of H-pyrrole nitrogens is 1. The monoisotopic (exact) mass is 396 g/mol. The molecule has 0 amide bonds. The molecule has 0 saturated carbocycles. The van der Waals surface area contributed by atoms with Crippen LogP contribution in [0.2, 0.25) is 0 Å². The lowest BCUT2D eigenvalue weighted by Gasteiger charge is -2.08. The molecule has 0 bridgehead atoms. The second-order valence-corrected chi connectivity index (χ2v) is 7.78. The van der Waals surface area contributed by atoms with E-state index >= 15 is 0 Å². The van der Waals surface area contributed by atoms with Gasteiger partial charge in [-0.3, -0.25) is 4.79 Å². The van der Waals surface area contributed by atoms with Gasteiger partial charge in [0.05, 0.1) is 29.7 Å². The molecule has 8 heteroatoms. The van der Waals surface area contributed by atoms with Gasteiger partial charge in [-0.15, -0.1) is 0 Å². The zero-order chi connectivity index (χ0) is 19.9. The Kier molecular flexibility index (Phi) is 4.27. The van der Waals surface area contributed by atoms with Crippen molar-refractivity contribution in [3.8, 4) is 11.5 Å². The summed E-state index contributed by atoms with van der Waals surface area (Å²) in [6.45, 7) is 1.87. The smallest absolute Gasteiger partial charge is 0.339 e. The first-order chi connectivity index (χ1) is 13.4. The van der Waals surface area contributed by atoms with Crippen LogP contribution in [-0.4, -0.2) is 31.8 Å². The zero-order valence-electron chi connectivity index (χ0n) is 15.1. The molecule has 2 aromatic heterocycles. The number of ether oxygens (including phenoxy) is 1. The molecular formula is C20H16N2O5S. The largest absolute Gasteiger partial charge is 0.494 e. The summed E-state index contributed by atoms with van der Waals surface area (Å²) in [5.41, 5.74) is 2.02. The van der Waals surface area contributed by atoms with Crippen LogP contribution >= 0.6 is 0 Å². The number of aromatic amines is 1. The van der Waals surface area contributed by atoms with Crippen molar-refractivity contribution in [2.24, 2.45) is 0 Å². The highest BCUT2D eigenvalue weighted by Gasteiger charge is 2.21. The predicted molar refractivity (Wildman–Crippen MR) is 105 cm³/mol. The highest BCUT2D eigenvalue weighted by molar-refractivity contribution is 7.87. The van der Waals surface area contributed by atoms with Crippen molar-refractivity contribution in [1.82, 2.24) is 9.97 Å². The van der Waals surface area contributed by atoms with Gasteiger partial charge < -0.3 is 13.9 Å².